The molecule has 2 aromatic carbocycles. The predicted molar refractivity (Wildman–Crippen MR) is 158 cm³/mol. The maximum absolute atomic E-state index is 16.8. The number of ether oxygens (including phenoxy) is 1. The zero-order chi connectivity index (χ0) is 28.3. The van der Waals surface area contributed by atoms with E-state index in [1.807, 2.05) is 19.9 Å². The van der Waals surface area contributed by atoms with Crippen LogP contribution in [0.5, 0.6) is 6.01 Å². The van der Waals surface area contributed by atoms with Crippen LogP contribution in [0, 0.1) is 19.7 Å². The third-order valence-corrected chi connectivity index (χ3v) is 9.48. The molecule has 2 fully saturated rings. The lowest BCUT2D eigenvalue weighted by molar-refractivity contribution is 0.107. The van der Waals surface area contributed by atoms with E-state index < -0.39 is 12.0 Å². The molecule has 0 spiro atoms. The molecule has 7 rings (SSSR count). The number of nitrogens with zero attached hydrogens (tertiary/aromatic N) is 5. The van der Waals surface area contributed by atoms with Crippen LogP contribution in [0.1, 0.15) is 43.2 Å². The second-order valence-corrected chi connectivity index (χ2v) is 12.1. The van der Waals surface area contributed by atoms with Crippen LogP contribution < -0.4 is 9.64 Å². The molecule has 0 saturated carbocycles. The molecule has 2 saturated heterocycles. The minimum absolute atomic E-state index is 0.106. The maximum Gasteiger partial charge on any atom is 0.319 e. The molecule has 0 bridgehead atoms. The van der Waals surface area contributed by atoms with E-state index >= 15 is 4.39 Å². The van der Waals surface area contributed by atoms with Crippen molar-refractivity contribution in [3.05, 3.63) is 52.4 Å². The fraction of sp³-hybridized carbons (Fsp3) is 0.452. The lowest BCUT2D eigenvalue weighted by atomic mass is 9.92. The number of fused-ring (bicyclic) bond motifs is 3. The van der Waals surface area contributed by atoms with Gasteiger partial charge in [0.25, 0.3) is 0 Å². The van der Waals surface area contributed by atoms with Gasteiger partial charge in [-0.2, -0.15) is 15.1 Å². The van der Waals surface area contributed by atoms with Crippen molar-refractivity contribution in [3.63, 3.8) is 0 Å². The molecule has 214 valence electrons. The molecular formula is C31H33ClF2N6O. The number of aromatic amines is 1. The Morgan fingerprint density at radius 2 is 1.90 bits per heavy atom. The van der Waals surface area contributed by atoms with Gasteiger partial charge in [0, 0.05) is 48.0 Å². The van der Waals surface area contributed by atoms with E-state index in [1.54, 1.807) is 12.3 Å². The molecule has 5 heterocycles. The minimum atomic E-state index is -0.865. The second-order valence-electron chi connectivity index (χ2n) is 11.7. The fourth-order valence-electron chi connectivity index (χ4n) is 7.01. The monoisotopic (exact) mass is 578 g/mol. The molecule has 0 amide bonds. The number of anilines is 1. The van der Waals surface area contributed by atoms with E-state index in [4.69, 9.17) is 21.3 Å². The second kappa shape index (κ2) is 10.2. The first-order valence-electron chi connectivity index (χ1n) is 14.4. The smallest absolute Gasteiger partial charge is 0.319 e. The number of aromatic nitrogens is 4. The third kappa shape index (κ3) is 4.45. The molecule has 2 unspecified atom stereocenters. The number of halogens is 3. The molecule has 0 aliphatic carbocycles. The number of hydrogen-bond acceptors (Lipinski definition) is 6. The highest BCUT2D eigenvalue weighted by Gasteiger charge is 2.49. The summed E-state index contributed by atoms with van der Waals surface area (Å²) in [6.45, 7) is 6.99. The Morgan fingerprint density at radius 1 is 1.10 bits per heavy atom. The summed E-state index contributed by atoms with van der Waals surface area (Å²) in [6.07, 6.45) is 9.17. The van der Waals surface area contributed by atoms with Gasteiger partial charge in [-0.05, 0) is 69.3 Å². The molecule has 3 aliphatic rings. The van der Waals surface area contributed by atoms with E-state index in [9.17, 15) is 4.39 Å². The van der Waals surface area contributed by atoms with Gasteiger partial charge in [0.05, 0.1) is 22.3 Å². The van der Waals surface area contributed by atoms with Crippen LogP contribution >= 0.6 is 11.6 Å². The van der Waals surface area contributed by atoms with Crippen molar-refractivity contribution in [2.45, 2.75) is 57.7 Å². The number of alkyl halides is 1. The van der Waals surface area contributed by atoms with Crippen LogP contribution in [0.25, 0.3) is 32.9 Å². The summed E-state index contributed by atoms with van der Waals surface area (Å²) < 4.78 is 37.5. The Morgan fingerprint density at radius 3 is 2.71 bits per heavy atom. The van der Waals surface area contributed by atoms with Crippen molar-refractivity contribution < 1.29 is 13.5 Å². The SMILES string of the molecule is Cc1cc2[nH]ncc2c(-c2c(Cl)cc3c(N4CCC=CCC4)nc(OCC45CCCN4CC(F)C5)nc3c2F)c1C. The van der Waals surface area contributed by atoms with E-state index in [2.05, 4.69) is 37.1 Å². The average Bonchev–Trinajstić information content (AvgIpc) is 3.56. The Hall–Kier alpha value is -3.30. The molecule has 3 aliphatic heterocycles. The van der Waals surface area contributed by atoms with Gasteiger partial charge in [0.2, 0.25) is 0 Å². The van der Waals surface area contributed by atoms with Gasteiger partial charge >= 0.3 is 6.01 Å². The normalized spacial score (nSPS) is 23.0. The number of aryl methyl sites for hydroxylation is 1. The Labute approximate surface area is 242 Å². The number of H-pyrrole nitrogens is 1. The van der Waals surface area contributed by atoms with Gasteiger partial charge in [0.15, 0.2) is 5.82 Å². The van der Waals surface area contributed by atoms with Gasteiger partial charge < -0.3 is 9.64 Å². The first kappa shape index (κ1) is 26.6. The first-order chi connectivity index (χ1) is 19.8. The molecule has 10 heteroatoms. The van der Waals surface area contributed by atoms with Crippen molar-refractivity contribution >= 4 is 39.2 Å². The summed E-state index contributed by atoms with van der Waals surface area (Å²) in [4.78, 5) is 13.8. The largest absolute Gasteiger partial charge is 0.461 e. The zero-order valence-corrected chi connectivity index (χ0v) is 24.1. The summed E-state index contributed by atoms with van der Waals surface area (Å²) in [6, 6.07) is 3.89. The summed E-state index contributed by atoms with van der Waals surface area (Å²) in [5.74, 6) is 0.0848. The van der Waals surface area contributed by atoms with Crippen molar-refractivity contribution in [2.24, 2.45) is 0 Å². The van der Waals surface area contributed by atoms with Gasteiger partial charge in [-0.1, -0.05) is 23.8 Å². The Bertz CT molecular complexity index is 1680. The quantitative estimate of drug-likeness (QED) is 0.266. The van der Waals surface area contributed by atoms with E-state index in [1.165, 1.54) is 0 Å². The third-order valence-electron chi connectivity index (χ3n) is 9.19. The van der Waals surface area contributed by atoms with Crippen LogP contribution in [-0.2, 0) is 0 Å². The van der Waals surface area contributed by atoms with Crippen molar-refractivity contribution in [1.82, 2.24) is 25.1 Å². The van der Waals surface area contributed by atoms with Crippen LogP contribution in [0.3, 0.4) is 0 Å². The average molecular weight is 579 g/mol. The number of rotatable bonds is 5. The molecule has 2 aromatic heterocycles. The topological polar surface area (TPSA) is 70.2 Å². The van der Waals surface area contributed by atoms with Gasteiger partial charge in [-0.3, -0.25) is 10.00 Å². The van der Waals surface area contributed by atoms with Crippen molar-refractivity contribution in [1.29, 1.82) is 0 Å². The minimum Gasteiger partial charge on any atom is -0.461 e. The predicted octanol–water partition coefficient (Wildman–Crippen LogP) is 6.69. The Kier molecular flexibility index (Phi) is 6.62. The lowest BCUT2D eigenvalue weighted by Crippen LogP contribution is -2.43. The molecule has 1 N–H and O–H groups in total. The summed E-state index contributed by atoms with van der Waals surface area (Å²) in [7, 11) is 0. The number of benzene rings is 2. The fourth-order valence-corrected chi connectivity index (χ4v) is 7.30. The number of nitrogens with one attached hydrogen (secondary N) is 1. The zero-order valence-electron chi connectivity index (χ0n) is 23.3. The van der Waals surface area contributed by atoms with Gasteiger partial charge in [0.1, 0.15) is 24.1 Å². The standard InChI is InChI=1S/C31H33ClF2N6O/c1-18-12-24-22(15-35-38-24)25(19(18)2)26-23(32)13-21-28(27(26)34)36-30(37-29(21)39-9-5-3-4-6-10-39)41-17-31-8-7-11-40(31)16-20(33)14-31/h3-4,12-13,15,20H,5-11,14,16-17H2,1-2H3,(H,35,38). The highest BCUT2D eigenvalue weighted by molar-refractivity contribution is 6.35. The first-order valence-corrected chi connectivity index (χ1v) is 14.8. The summed E-state index contributed by atoms with van der Waals surface area (Å²) >= 11 is 6.91. The van der Waals surface area contributed by atoms with E-state index in [-0.39, 0.29) is 34.3 Å². The Balaban J connectivity index is 1.38. The number of hydrogen-bond donors (Lipinski definition) is 1. The molecule has 4 aromatic rings. The summed E-state index contributed by atoms with van der Waals surface area (Å²) in [5, 5.41) is 8.83. The molecule has 0 radical (unpaired) electrons. The highest BCUT2D eigenvalue weighted by Crippen LogP contribution is 2.44. The van der Waals surface area contributed by atoms with Crippen molar-refractivity contribution in [3.8, 4) is 17.1 Å². The van der Waals surface area contributed by atoms with Crippen LogP contribution in [0.15, 0.2) is 30.5 Å². The lowest BCUT2D eigenvalue weighted by Gasteiger charge is -2.31. The van der Waals surface area contributed by atoms with Crippen LogP contribution in [0.4, 0.5) is 14.6 Å². The van der Waals surface area contributed by atoms with Crippen LogP contribution in [0.2, 0.25) is 5.02 Å². The van der Waals surface area contributed by atoms with Gasteiger partial charge in [-0.25, -0.2) is 8.78 Å². The van der Waals surface area contributed by atoms with Crippen molar-refractivity contribution in [2.75, 3.05) is 37.7 Å². The van der Waals surface area contributed by atoms with E-state index in [0.29, 0.717) is 29.7 Å². The molecule has 2 atom stereocenters. The molecule has 7 nitrogen and oxygen atoms in total. The highest BCUT2D eigenvalue weighted by atomic mass is 35.5. The summed E-state index contributed by atoms with van der Waals surface area (Å²) in [5.41, 5.74) is 3.52. The molecular weight excluding hydrogens is 546 g/mol. The van der Waals surface area contributed by atoms with Gasteiger partial charge in [-0.15, -0.1) is 0 Å². The maximum atomic E-state index is 16.8. The van der Waals surface area contributed by atoms with Crippen LogP contribution in [-0.4, -0.2) is 69.6 Å². The van der Waals surface area contributed by atoms with E-state index in [0.717, 1.165) is 67.3 Å². The molecule has 41 heavy (non-hydrogen) atoms.